The lowest BCUT2D eigenvalue weighted by Crippen LogP contribution is -2.41. The maximum Gasteiger partial charge on any atom is 0.499 e. The van der Waals surface area contributed by atoms with Crippen LogP contribution in [0.2, 0.25) is 0 Å². The van der Waals surface area contributed by atoms with Crippen LogP contribution >= 0.6 is 0 Å². The monoisotopic (exact) mass is 530 g/mol. The molecule has 38 heavy (non-hydrogen) atoms. The summed E-state index contributed by atoms with van der Waals surface area (Å²) in [7, 11) is 0. The van der Waals surface area contributed by atoms with E-state index in [9.17, 15) is 26.7 Å². The summed E-state index contributed by atoms with van der Waals surface area (Å²) in [6.07, 6.45) is -9.52. The second-order valence-corrected chi connectivity index (χ2v) is 8.83. The van der Waals surface area contributed by atoms with Crippen molar-refractivity contribution >= 4 is 11.6 Å². The molecule has 0 spiro atoms. The lowest BCUT2D eigenvalue weighted by atomic mass is 9.99. The summed E-state index contributed by atoms with van der Waals surface area (Å²) in [5.74, 6) is -0.0900. The van der Waals surface area contributed by atoms with Crippen LogP contribution in [0.3, 0.4) is 0 Å². The van der Waals surface area contributed by atoms with Gasteiger partial charge in [-0.3, -0.25) is 4.79 Å². The Balaban J connectivity index is 1.38. The Hall–Kier alpha value is -4.28. The number of anilines is 1. The number of hydrogen-bond acceptors (Lipinski definition) is 4. The van der Waals surface area contributed by atoms with Gasteiger partial charge in [-0.2, -0.15) is 22.0 Å². The van der Waals surface area contributed by atoms with Crippen molar-refractivity contribution in [3.8, 4) is 22.8 Å². The van der Waals surface area contributed by atoms with Crippen molar-refractivity contribution < 1.29 is 31.5 Å². The molecule has 0 fully saturated rings. The fraction of sp³-hybridized carbons (Fsp3) is 0.222. The Morgan fingerprint density at radius 2 is 1.66 bits per heavy atom. The molecule has 4 aromatic rings. The SMILES string of the molecule is CC(C)c1cccc(CC(=O)Nc2ccc(-c3ncn(-c4ccc(OC(F)(F)C(F)(F)F)cc4)n3)cc2)c1. The molecule has 0 unspecified atom stereocenters. The summed E-state index contributed by atoms with van der Waals surface area (Å²) in [6.45, 7) is 4.19. The first-order chi connectivity index (χ1) is 17.9. The first kappa shape index (κ1) is 26.8. The number of nitrogens with zero attached hydrogens (tertiary/aromatic N) is 3. The summed E-state index contributed by atoms with van der Waals surface area (Å²) in [5, 5.41) is 7.17. The van der Waals surface area contributed by atoms with Gasteiger partial charge in [0.05, 0.1) is 12.1 Å². The highest BCUT2D eigenvalue weighted by molar-refractivity contribution is 5.92. The lowest BCUT2D eigenvalue weighted by Gasteiger charge is -2.20. The highest BCUT2D eigenvalue weighted by Crippen LogP contribution is 2.37. The van der Waals surface area contributed by atoms with Crippen molar-refractivity contribution in [2.75, 3.05) is 5.32 Å². The molecule has 0 aliphatic carbocycles. The standard InChI is InChI=1S/C27H23F5N4O2/c1-17(2)20-5-3-4-18(14-20)15-24(37)34-21-8-6-19(7-9-21)25-33-16-36(35-25)22-10-12-23(13-11-22)38-27(31,32)26(28,29)30/h3-14,16-17H,15H2,1-2H3,(H,34,37). The number of ether oxygens (including phenoxy) is 1. The minimum atomic E-state index is -5.83. The van der Waals surface area contributed by atoms with Gasteiger partial charge in [0, 0.05) is 11.3 Å². The van der Waals surface area contributed by atoms with E-state index >= 15 is 0 Å². The molecular weight excluding hydrogens is 507 g/mol. The molecule has 1 N–H and O–H groups in total. The zero-order valence-corrected chi connectivity index (χ0v) is 20.3. The zero-order chi connectivity index (χ0) is 27.5. The van der Waals surface area contributed by atoms with Gasteiger partial charge in [-0.05, 0) is 65.6 Å². The van der Waals surface area contributed by atoms with E-state index in [1.54, 1.807) is 24.3 Å². The van der Waals surface area contributed by atoms with Crippen LogP contribution in [0.25, 0.3) is 17.1 Å². The second kappa shape index (κ2) is 10.6. The van der Waals surface area contributed by atoms with Crippen LogP contribution < -0.4 is 10.1 Å². The molecule has 0 saturated carbocycles. The van der Waals surface area contributed by atoms with E-state index < -0.39 is 18.0 Å². The van der Waals surface area contributed by atoms with Gasteiger partial charge in [0.1, 0.15) is 12.1 Å². The Kier molecular flexibility index (Phi) is 7.47. The number of amides is 1. The molecule has 1 heterocycles. The number of hydrogen-bond donors (Lipinski definition) is 1. The third kappa shape index (κ3) is 6.34. The van der Waals surface area contributed by atoms with Gasteiger partial charge in [0.15, 0.2) is 5.82 Å². The number of rotatable bonds is 8. The van der Waals surface area contributed by atoms with Crippen LogP contribution in [-0.4, -0.2) is 33.0 Å². The largest absolute Gasteiger partial charge is 0.499 e. The van der Waals surface area contributed by atoms with Crippen LogP contribution in [-0.2, 0) is 11.2 Å². The van der Waals surface area contributed by atoms with Crippen molar-refractivity contribution in [3.63, 3.8) is 0 Å². The van der Waals surface area contributed by atoms with E-state index in [1.807, 2.05) is 24.3 Å². The Morgan fingerprint density at radius 3 is 2.29 bits per heavy atom. The number of aromatic nitrogens is 3. The second-order valence-electron chi connectivity index (χ2n) is 8.83. The molecule has 0 atom stereocenters. The Morgan fingerprint density at radius 1 is 0.974 bits per heavy atom. The van der Waals surface area contributed by atoms with E-state index in [4.69, 9.17) is 0 Å². The maximum absolute atomic E-state index is 13.1. The Labute approximate surface area is 215 Å². The minimum absolute atomic E-state index is 0.151. The van der Waals surface area contributed by atoms with Gasteiger partial charge >= 0.3 is 12.3 Å². The predicted molar refractivity (Wildman–Crippen MR) is 131 cm³/mol. The molecule has 198 valence electrons. The number of carbonyl (C=O) groups is 1. The van der Waals surface area contributed by atoms with Crippen molar-refractivity contribution in [1.82, 2.24) is 14.8 Å². The molecule has 0 saturated heterocycles. The summed E-state index contributed by atoms with van der Waals surface area (Å²) in [5.41, 5.74) is 3.71. The molecule has 6 nitrogen and oxygen atoms in total. The number of alkyl halides is 5. The van der Waals surface area contributed by atoms with Gasteiger partial charge in [0.25, 0.3) is 0 Å². The van der Waals surface area contributed by atoms with Gasteiger partial charge < -0.3 is 10.1 Å². The van der Waals surface area contributed by atoms with Crippen LogP contribution in [0.15, 0.2) is 79.1 Å². The van der Waals surface area contributed by atoms with Crippen LogP contribution in [0, 0.1) is 0 Å². The van der Waals surface area contributed by atoms with Gasteiger partial charge in [0.2, 0.25) is 5.91 Å². The number of nitrogens with one attached hydrogen (secondary N) is 1. The number of carbonyl (C=O) groups excluding carboxylic acids is 1. The summed E-state index contributed by atoms with van der Waals surface area (Å²) in [4.78, 5) is 16.7. The van der Waals surface area contributed by atoms with Crippen molar-refractivity contribution in [1.29, 1.82) is 0 Å². The number of halogens is 5. The van der Waals surface area contributed by atoms with Gasteiger partial charge in [-0.1, -0.05) is 38.1 Å². The van der Waals surface area contributed by atoms with Crippen LogP contribution in [0.5, 0.6) is 5.75 Å². The Bertz CT molecular complexity index is 1400. The van der Waals surface area contributed by atoms with E-state index in [0.717, 1.165) is 17.7 Å². The van der Waals surface area contributed by atoms with Gasteiger partial charge in [-0.15, -0.1) is 5.10 Å². The molecule has 3 aromatic carbocycles. The summed E-state index contributed by atoms with van der Waals surface area (Å²) in [6, 6.07) is 19.3. The zero-order valence-electron chi connectivity index (χ0n) is 20.3. The highest BCUT2D eigenvalue weighted by atomic mass is 19.4. The lowest BCUT2D eigenvalue weighted by molar-refractivity contribution is -0.360. The smallest absolute Gasteiger partial charge is 0.426 e. The molecule has 11 heteroatoms. The number of benzene rings is 3. The van der Waals surface area contributed by atoms with Crippen LogP contribution in [0.4, 0.5) is 27.6 Å². The molecule has 1 amide bonds. The quantitative estimate of drug-likeness (QED) is 0.255. The molecule has 0 aliphatic rings. The third-order valence-electron chi connectivity index (χ3n) is 5.58. The molecule has 1 aromatic heterocycles. The predicted octanol–water partition coefficient (Wildman–Crippen LogP) is 6.77. The highest BCUT2D eigenvalue weighted by Gasteiger charge is 2.61. The molecule has 0 radical (unpaired) electrons. The minimum Gasteiger partial charge on any atom is -0.426 e. The van der Waals surface area contributed by atoms with E-state index in [0.29, 0.717) is 28.7 Å². The van der Waals surface area contributed by atoms with Crippen molar-refractivity contribution in [2.24, 2.45) is 0 Å². The molecular formula is C27H23F5N4O2. The fourth-order valence-electron chi connectivity index (χ4n) is 3.55. The van der Waals surface area contributed by atoms with Crippen LogP contribution in [0.1, 0.15) is 30.9 Å². The topological polar surface area (TPSA) is 69.0 Å². The molecule has 0 aliphatic heterocycles. The maximum atomic E-state index is 13.1. The van der Waals surface area contributed by atoms with Gasteiger partial charge in [-0.25, -0.2) is 9.67 Å². The normalized spacial score (nSPS) is 12.0. The third-order valence-corrected chi connectivity index (χ3v) is 5.58. The van der Waals surface area contributed by atoms with E-state index in [2.05, 4.69) is 34.0 Å². The van der Waals surface area contributed by atoms with Crippen molar-refractivity contribution in [2.45, 2.75) is 38.5 Å². The average molecular weight is 530 g/mol. The average Bonchev–Trinajstić information content (AvgIpc) is 3.34. The molecule has 4 rings (SSSR count). The van der Waals surface area contributed by atoms with E-state index in [-0.39, 0.29) is 12.3 Å². The fourth-order valence-corrected chi connectivity index (χ4v) is 3.55. The van der Waals surface area contributed by atoms with E-state index in [1.165, 1.54) is 28.7 Å². The molecule has 0 bridgehead atoms. The first-order valence-corrected chi connectivity index (χ1v) is 11.6. The first-order valence-electron chi connectivity index (χ1n) is 11.6. The van der Waals surface area contributed by atoms with Crippen molar-refractivity contribution in [3.05, 3.63) is 90.3 Å². The summed E-state index contributed by atoms with van der Waals surface area (Å²) < 4.78 is 68.2. The summed E-state index contributed by atoms with van der Waals surface area (Å²) >= 11 is 0.